The van der Waals surface area contributed by atoms with Crippen molar-refractivity contribution < 1.29 is 8.42 Å². The van der Waals surface area contributed by atoms with Gasteiger partial charge in [0, 0.05) is 0 Å². The number of rotatable bonds is 3. The van der Waals surface area contributed by atoms with Crippen LogP contribution in [0.1, 0.15) is 20.8 Å². The molecule has 18 heavy (non-hydrogen) atoms. The summed E-state index contributed by atoms with van der Waals surface area (Å²) in [5.41, 5.74) is -0.461. The van der Waals surface area contributed by atoms with E-state index in [2.05, 4.69) is 22.0 Å². The van der Waals surface area contributed by atoms with Crippen molar-refractivity contribution in [2.24, 2.45) is 0 Å². The van der Waals surface area contributed by atoms with E-state index in [9.17, 15) is 8.42 Å². The molecule has 0 aromatic heterocycles. The van der Waals surface area contributed by atoms with E-state index in [1.165, 1.54) is 0 Å². The Balaban J connectivity index is 3.35. The Hall–Kier alpha value is -0.327. The van der Waals surface area contributed by atoms with Crippen LogP contribution in [-0.4, -0.2) is 27.2 Å². The van der Waals surface area contributed by atoms with Crippen LogP contribution in [0.15, 0.2) is 29.2 Å². The van der Waals surface area contributed by atoms with E-state index in [1.807, 2.05) is 32.9 Å². The molecule has 0 aliphatic carbocycles. The summed E-state index contributed by atoms with van der Waals surface area (Å²) in [5, 5.41) is 0. The van der Waals surface area contributed by atoms with Crippen molar-refractivity contribution in [3.63, 3.8) is 0 Å². The van der Waals surface area contributed by atoms with E-state index >= 15 is 0 Å². The van der Waals surface area contributed by atoms with Crippen LogP contribution in [-0.2, 0) is 10.0 Å². The van der Waals surface area contributed by atoms with Gasteiger partial charge in [0.1, 0.15) is 0 Å². The van der Waals surface area contributed by atoms with Crippen LogP contribution in [0.5, 0.6) is 0 Å². The van der Waals surface area contributed by atoms with Crippen LogP contribution in [0.2, 0.25) is 17.3 Å². The molecule has 1 rings (SSSR count). The molecule has 0 fully saturated rings. The quantitative estimate of drug-likeness (QED) is 0.865. The zero-order chi connectivity index (χ0) is 14.2. The van der Waals surface area contributed by atoms with Crippen LogP contribution >= 0.6 is 0 Å². The fourth-order valence-electron chi connectivity index (χ4n) is 1.78. The molecule has 0 unspecified atom stereocenters. The van der Waals surface area contributed by atoms with Crippen LogP contribution in [0, 0.1) is 0 Å². The number of sulfonamides is 1. The molecule has 0 spiro atoms. The first kappa shape index (κ1) is 15.7. The number of benzene rings is 1. The molecule has 0 saturated carbocycles. The standard InChI is InChI=1S/C13H23GeNO2S/c1-13(2,3)15-18(16,17)12-10-8-7-9-11(12)14(4,5)6/h7-10,15H,1-6H3. The molecule has 0 aliphatic rings. The summed E-state index contributed by atoms with van der Waals surface area (Å²) in [6, 6.07) is 7.37. The van der Waals surface area contributed by atoms with E-state index in [4.69, 9.17) is 0 Å². The second kappa shape index (κ2) is 4.98. The van der Waals surface area contributed by atoms with Gasteiger partial charge < -0.3 is 0 Å². The van der Waals surface area contributed by atoms with Crippen molar-refractivity contribution in [1.29, 1.82) is 0 Å². The van der Waals surface area contributed by atoms with Crippen LogP contribution in [0.4, 0.5) is 0 Å². The molecule has 1 N–H and O–H groups in total. The van der Waals surface area contributed by atoms with Crippen LogP contribution in [0.3, 0.4) is 0 Å². The van der Waals surface area contributed by atoms with E-state index in [1.54, 1.807) is 12.1 Å². The zero-order valence-corrected chi connectivity index (χ0v) is 14.9. The molecule has 0 heterocycles. The van der Waals surface area contributed by atoms with Gasteiger partial charge in [-0.05, 0) is 0 Å². The summed E-state index contributed by atoms with van der Waals surface area (Å²) in [6.07, 6.45) is 0. The Labute approximate surface area is 113 Å². The zero-order valence-electron chi connectivity index (χ0n) is 12.0. The second-order valence-corrected chi connectivity index (χ2v) is 18.8. The third-order valence-corrected chi connectivity index (χ3v) is 8.93. The summed E-state index contributed by atoms with van der Waals surface area (Å²) < 4.78 is 28.6. The summed E-state index contributed by atoms with van der Waals surface area (Å²) >= 11 is -2.20. The molecule has 1 aromatic carbocycles. The second-order valence-electron chi connectivity index (χ2n) is 6.60. The summed E-state index contributed by atoms with van der Waals surface area (Å²) in [7, 11) is -3.43. The van der Waals surface area contributed by atoms with Gasteiger partial charge in [-0.25, -0.2) is 0 Å². The van der Waals surface area contributed by atoms with Crippen molar-refractivity contribution >= 4 is 27.7 Å². The number of hydrogen-bond acceptors (Lipinski definition) is 2. The van der Waals surface area contributed by atoms with Crippen molar-refractivity contribution in [2.75, 3.05) is 0 Å². The molecule has 102 valence electrons. The van der Waals surface area contributed by atoms with E-state index in [0.29, 0.717) is 4.90 Å². The van der Waals surface area contributed by atoms with Gasteiger partial charge in [-0.2, -0.15) is 0 Å². The van der Waals surface area contributed by atoms with Crippen LogP contribution < -0.4 is 9.12 Å². The summed E-state index contributed by atoms with van der Waals surface area (Å²) in [4.78, 5) is 0.451. The molecule has 0 saturated heterocycles. The topological polar surface area (TPSA) is 46.2 Å². The van der Waals surface area contributed by atoms with Gasteiger partial charge in [0.15, 0.2) is 0 Å². The fourth-order valence-corrected chi connectivity index (χ4v) is 8.72. The molecular weight excluding hydrogens is 307 g/mol. The van der Waals surface area contributed by atoms with Crippen LogP contribution in [0.25, 0.3) is 0 Å². The molecule has 0 amide bonds. The van der Waals surface area contributed by atoms with Gasteiger partial charge in [-0.15, -0.1) is 0 Å². The maximum atomic E-state index is 12.4. The molecule has 3 nitrogen and oxygen atoms in total. The maximum absolute atomic E-state index is 12.4. The monoisotopic (exact) mass is 331 g/mol. The van der Waals surface area contributed by atoms with E-state index < -0.39 is 28.8 Å². The normalized spacial score (nSPS) is 13.7. The minimum absolute atomic E-state index is 0.451. The summed E-state index contributed by atoms with van der Waals surface area (Å²) in [6.45, 7) is 5.56. The molecule has 1 aromatic rings. The molecule has 5 heteroatoms. The van der Waals surface area contributed by atoms with Gasteiger partial charge in [0.25, 0.3) is 0 Å². The SMILES string of the molecule is CC(C)(C)NS(=O)(=O)c1cccc[c]1[Ge]([CH3])([CH3])[CH3]. The first-order chi connectivity index (χ1) is 7.93. The number of nitrogens with one attached hydrogen (secondary N) is 1. The van der Waals surface area contributed by atoms with Gasteiger partial charge in [0.2, 0.25) is 0 Å². The van der Waals surface area contributed by atoms with Crippen molar-refractivity contribution in [3.05, 3.63) is 24.3 Å². The van der Waals surface area contributed by atoms with Crippen molar-refractivity contribution in [3.8, 4) is 0 Å². The van der Waals surface area contributed by atoms with Gasteiger partial charge in [-0.3, -0.25) is 0 Å². The fraction of sp³-hybridized carbons (Fsp3) is 0.538. The average Bonchev–Trinajstić information content (AvgIpc) is 2.12. The van der Waals surface area contributed by atoms with E-state index in [0.717, 1.165) is 4.40 Å². The molecule has 0 radical (unpaired) electrons. The van der Waals surface area contributed by atoms with E-state index in [-0.39, 0.29) is 0 Å². The Morgan fingerprint density at radius 3 is 2.00 bits per heavy atom. The van der Waals surface area contributed by atoms with Crippen molar-refractivity contribution in [2.45, 2.75) is 48.5 Å². The minimum atomic E-state index is -3.43. The third-order valence-electron chi connectivity index (χ3n) is 2.43. The average molecular weight is 330 g/mol. The Morgan fingerprint density at radius 1 is 1.06 bits per heavy atom. The first-order valence-electron chi connectivity index (χ1n) is 6.07. The Bertz CT molecular complexity index is 525. The number of hydrogen-bond donors (Lipinski definition) is 1. The van der Waals surface area contributed by atoms with Gasteiger partial charge in [-0.1, -0.05) is 0 Å². The van der Waals surface area contributed by atoms with Crippen molar-refractivity contribution in [1.82, 2.24) is 4.72 Å². The Kier molecular flexibility index (Phi) is 4.35. The molecule has 0 atom stereocenters. The molecule has 0 bridgehead atoms. The first-order valence-corrected chi connectivity index (χ1v) is 14.9. The van der Waals surface area contributed by atoms with Gasteiger partial charge in [0.05, 0.1) is 0 Å². The molecular formula is C13H23GeNO2S. The van der Waals surface area contributed by atoms with Gasteiger partial charge >= 0.3 is 114 Å². The Morgan fingerprint density at radius 2 is 1.56 bits per heavy atom. The molecule has 0 aliphatic heterocycles. The third kappa shape index (κ3) is 4.10. The summed E-state index contributed by atoms with van der Waals surface area (Å²) in [5.74, 6) is 6.60. The predicted octanol–water partition coefficient (Wildman–Crippen LogP) is 2.31. The predicted molar refractivity (Wildman–Crippen MR) is 79.5 cm³/mol.